The molecule has 21 heavy (non-hydrogen) atoms. The van der Waals surface area contributed by atoms with Crippen LogP contribution in [0, 0.1) is 0 Å². The summed E-state index contributed by atoms with van der Waals surface area (Å²) < 4.78 is 33.8. The van der Waals surface area contributed by atoms with E-state index in [2.05, 4.69) is 9.82 Å². The minimum atomic E-state index is -3.64. The van der Waals surface area contributed by atoms with Gasteiger partial charge < -0.3 is 10.5 Å². The summed E-state index contributed by atoms with van der Waals surface area (Å²) in [7, 11) is -2.16. The first-order chi connectivity index (χ1) is 9.92. The smallest absolute Gasteiger partial charge is 0.240 e. The number of anilines is 1. The molecule has 0 bridgehead atoms. The number of sulfonamides is 1. The van der Waals surface area contributed by atoms with Crippen LogP contribution in [0.1, 0.15) is 6.92 Å². The molecule has 7 nitrogen and oxygen atoms in total. The Bertz CT molecular complexity index is 698. The molecule has 3 N–H and O–H groups in total. The van der Waals surface area contributed by atoms with E-state index in [1.165, 1.54) is 25.3 Å². The molecule has 0 fully saturated rings. The maximum atomic E-state index is 12.3. The van der Waals surface area contributed by atoms with Gasteiger partial charge in [-0.15, -0.1) is 0 Å². The Morgan fingerprint density at radius 1 is 1.48 bits per heavy atom. The minimum absolute atomic E-state index is 0.105. The molecule has 1 atom stereocenters. The number of aromatic nitrogens is 2. The van der Waals surface area contributed by atoms with Crippen LogP contribution in [-0.4, -0.2) is 31.3 Å². The molecule has 8 heteroatoms. The summed E-state index contributed by atoms with van der Waals surface area (Å²) in [5.74, 6) is 0.443. The Hall–Kier alpha value is -2.06. The largest absolute Gasteiger partial charge is 0.495 e. The van der Waals surface area contributed by atoms with E-state index in [0.717, 1.165) is 0 Å². The molecule has 0 radical (unpaired) electrons. The lowest BCUT2D eigenvalue weighted by Gasteiger charge is -2.15. The first-order valence-corrected chi connectivity index (χ1v) is 7.84. The third kappa shape index (κ3) is 3.73. The van der Waals surface area contributed by atoms with Gasteiger partial charge in [0.2, 0.25) is 10.0 Å². The molecule has 1 unspecified atom stereocenters. The molecule has 0 amide bonds. The first kappa shape index (κ1) is 15.3. The fraction of sp³-hybridized carbons (Fsp3) is 0.308. The molecule has 0 saturated heterocycles. The number of nitrogens with one attached hydrogen (secondary N) is 1. The summed E-state index contributed by atoms with van der Waals surface area (Å²) in [5, 5.41) is 4.04. The zero-order valence-corrected chi connectivity index (χ0v) is 12.7. The molecule has 0 aliphatic rings. The fourth-order valence-corrected chi connectivity index (χ4v) is 3.21. The van der Waals surface area contributed by atoms with Crippen LogP contribution in [0.5, 0.6) is 5.75 Å². The van der Waals surface area contributed by atoms with Crippen molar-refractivity contribution in [1.82, 2.24) is 14.5 Å². The van der Waals surface area contributed by atoms with E-state index in [9.17, 15) is 8.42 Å². The van der Waals surface area contributed by atoms with Gasteiger partial charge in [-0.25, -0.2) is 13.1 Å². The van der Waals surface area contributed by atoms with E-state index in [1.54, 1.807) is 30.1 Å². The summed E-state index contributed by atoms with van der Waals surface area (Å²) in [4.78, 5) is 0.105. The molecule has 1 aromatic carbocycles. The Morgan fingerprint density at radius 3 is 2.81 bits per heavy atom. The van der Waals surface area contributed by atoms with Gasteiger partial charge in [-0.1, -0.05) is 0 Å². The monoisotopic (exact) mass is 310 g/mol. The number of nitrogens with zero attached hydrogens (tertiary/aromatic N) is 2. The molecule has 0 saturated carbocycles. The molecule has 1 aromatic heterocycles. The maximum Gasteiger partial charge on any atom is 0.240 e. The average molecular weight is 310 g/mol. The first-order valence-electron chi connectivity index (χ1n) is 6.35. The number of benzene rings is 1. The lowest BCUT2D eigenvalue weighted by atomic mass is 10.3. The predicted molar refractivity (Wildman–Crippen MR) is 79.4 cm³/mol. The number of hydrogen-bond donors (Lipinski definition) is 2. The van der Waals surface area contributed by atoms with E-state index >= 15 is 0 Å². The van der Waals surface area contributed by atoms with Gasteiger partial charge in [-0.2, -0.15) is 5.10 Å². The van der Waals surface area contributed by atoms with Gasteiger partial charge in [0.25, 0.3) is 0 Å². The Morgan fingerprint density at radius 2 is 2.24 bits per heavy atom. The van der Waals surface area contributed by atoms with Gasteiger partial charge >= 0.3 is 0 Å². The quantitative estimate of drug-likeness (QED) is 0.770. The standard InChI is InChI=1S/C13H18N4O3S/c1-10(9-17-7-3-6-15-17)16-21(18,19)11-4-5-13(20-2)12(14)8-11/h3-8,10,16H,9,14H2,1-2H3. The third-order valence-corrected chi connectivity index (χ3v) is 4.48. The maximum absolute atomic E-state index is 12.3. The molecule has 0 aliphatic carbocycles. The molecule has 2 rings (SSSR count). The second-order valence-electron chi connectivity index (χ2n) is 4.65. The van der Waals surface area contributed by atoms with E-state index in [-0.39, 0.29) is 16.6 Å². The molecule has 1 heterocycles. The Kier molecular flexibility index (Phi) is 4.49. The number of rotatable bonds is 6. The van der Waals surface area contributed by atoms with Gasteiger partial charge in [-0.05, 0) is 31.2 Å². The van der Waals surface area contributed by atoms with E-state index < -0.39 is 10.0 Å². The minimum Gasteiger partial charge on any atom is -0.495 e. The SMILES string of the molecule is COc1ccc(S(=O)(=O)NC(C)Cn2cccn2)cc1N. The highest BCUT2D eigenvalue weighted by molar-refractivity contribution is 7.89. The third-order valence-electron chi connectivity index (χ3n) is 2.89. The van der Waals surface area contributed by atoms with Gasteiger partial charge in [-0.3, -0.25) is 4.68 Å². The second kappa shape index (κ2) is 6.15. The fourth-order valence-electron chi connectivity index (χ4n) is 1.94. The zero-order valence-electron chi connectivity index (χ0n) is 11.9. The highest BCUT2D eigenvalue weighted by Crippen LogP contribution is 2.24. The second-order valence-corrected chi connectivity index (χ2v) is 6.37. The van der Waals surface area contributed by atoms with Crippen LogP contribution in [-0.2, 0) is 16.6 Å². The van der Waals surface area contributed by atoms with Crippen molar-refractivity contribution in [2.45, 2.75) is 24.4 Å². The number of methoxy groups -OCH3 is 1. The number of nitrogens with two attached hydrogens (primary N) is 1. The summed E-state index contributed by atoms with van der Waals surface area (Å²) in [6, 6.07) is 5.84. The summed E-state index contributed by atoms with van der Waals surface area (Å²) in [6.07, 6.45) is 3.42. The van der Waals surface area contributed by atoms with Gasteiger partial charge in [0.1, 0.15) is 5.75 Å². The van der Waals surface area contributed by atoms with Crippen molar-refractivity contribution < 1.29 is 13.2 Å². The van der Waals surface area contributed by atoms with Crippen LogP contribution in [0.2, 0.25) is 0 Å². The molecular weight excluding hydrogens is 292 g/mol. The van der Waals surface area contributed by atoms with Crippen LogP contribution in [0.15, 0.2) is 41.6 Å². The Balaban J connectivity index is 2.12. The van der Waals surface area contributed by atoms with E-state index in [0.29, 0.717) is 12.3 Å². The van der Waals surface area contributed by atoms with Gasteiger partial charge in [0.15, 0.2) is 0 Å². The van der Waals surface area contributed by atoms with Crippen LogP contribution in [0.3, 0.4) is 0 Å². The van der Waals surface area contributed by atoms with Gasteiger partial charge in [0, 0.05) is 18.4 Å². The highest BCUT2D eigenvalue weighted by Gasteiger charge is 2.18. The van der Waals surface area contributed by atoms with Crippen LogP contribution >= 0.6 is 0 Å². The summed E-state index contributed by atoms with van der Waals surface area (Å²) in [5.41, 5.74) is 6.02. The van der Waals surface area contributed by atoms with Crippen molar-refractivity contribution in [3.63, 3.8) is 0 Å². The number of nitrogen functional groups attached to an aromatic ring is 1. The van der Waals surface area contributed by atoms with Crippen molar-refractivity contribution in [2.75, 3.05) is 12.8 Å². The topological polar surface area (TPSA) is 99.2 Å². The van der Waals surface area contributed by atoms with Crippen molar-refractivity contribution in [1.29, 1.82) is 0 Å². The molecule has 0 aliphatic heterocycles. The van der Waals surface area contributed by atoms with Crippen molar-refractivity contribution in [2.24, 2.45) is 0 Å². The zero-order chi connectivity index (χ0) is 15.5. The molecule has 2 aromatic rings. The predicted octanol–water partition coefficient (Wildman–Crippen LogP) is 0.841. The van der Waals surface area contributed by atoms with Crippen molar-refractivity contribution in [3.8, 4) is 5.75 Å². The van der Waals surface area contributed by atoms with Crippen molar-refractivity contribution in [3.05, 3.63) is 36.7 Å². The van der Waals surface area contributed by atoms with Crippen LogP contribution < -0.4 is 15.2 Å². The summed E-state index contributed by atoms with van der Waals surface area (Å²) in [6.45, 7) is 2.21. The number of hydrogen-bond acceptors (Lipinski definition) is 5. The highest BCUT2D eigenvalue weighted by atomic mass is 32.2. The van der Waals surface area contributed by atoms with E-state index in [4.69, 9.17) is 10.5 Å². The molecule has 0 spiro atoms. The lowest BCUT2D eigenvalue weighted by Crippen LogP contribution is -2.35. The van der Waals surface area contributed by atoms with Gasteiger partial charge in [0.05, 0.1) is 24.2 Å². The number of ether oxygens (including phenoxy) is 1. The molecular formula is C13H18N4O3S. The summed E-state index contributed by atoms with van der Waals surface area (Å²) >= 11 is 0. The molecule has 114 valence electrons. The van der Waals surface area contributed by atoms with E-state index in [1.807, 2.05) is 0 Å². The Labute approximate surface area is 123 Å². The normalized spacial score (nSPS) is 13.0. The van der Waals surface area contributed by atoms with Crippen LogP contribution in [0.4, 0.5) is 5.69 Å². The van der Waals surface area contributed by atoms with Crippen LogP contribution in [0.25, 0.3) is 0 Å². The lowest BCUT2D eigenvalue weighted by molar-refractivity contribution is 0.416. The average Bonchev–Trinajstić information content (AvgIpc) is 2.90. The van der Waals surface area contributed by atoms with Crippen molar-refractivity contribution >= 4 is 15.7 Å².